The first kappa shape index (κ1) is 16.6. The van der Waals surface area contributed by atoms with Crippen molar-refractivity contribution in [1.29, 1.82) is 0 Å². The van der Waals surface area contributed by atoms with Crippen molar-refractivity contribution in [1.82, 2.24) is 23.7 Å². The Hall–Kier alpha value is -2.26. The fourth-order valence-electron chi connectivity index (χ4n) is 2.70. The molecule has 0 bridgehead atoms. The first-order valence-electron chi connectivity index (χ1n) is 7.64. The number of hydrogen-bond donors (Lipinski definition) is 0. The SMILES string of the molecule is CS(=O)(=O)N1CCCN(C(=O)c2ccnc(-n3ccnc3)c2)CC1. The van der Waals surface area contributed by atoms with Crippen LogP contribution in [-0.2, 0) is 10.0 Å². The summed E-state index contributed by atoms with van der Waals surface area (Å²) in [4.78, 5) is 22.6. The van der Waals surface area contributed by atoms with E-state index in [2.05, 4.69) is 9.97 Å². The summed E-state index contributed by atoms with van der Waals surface area (Å²) < 4.78 is 26.5. The van der Waals surface area contributed by atoms with Crippen molar-refractivity contribution >= 4 is 15.9 Å². The van der Waals surface area contributed by atoms with Gasteiger partial charge in [-0.15, -0.1) is 0 Å². The maximum atomic E-state index is 12.7. The monoisotopic (exact) mass is 349 g/mol. The highest BCUT2D eigenvalue weighted by molar-refractivity contribution is 7.88. The lowest BCUT2D eigenvalue weighted by Gasteiger charge is -2.21. The van der Waals surface area contributed by atoms with Crippen LogP contribution < -0.4 is 0 Å². The molecule has 2 aromatic heterocycles. The van der Waals surface area contributed by atoms with Crippen LogP contribution in [0.5, 0.6) is 0 Å². The smallest absolute Gasteiger partial charge is 0.254 e. The first-order chi connectivity index (χ1) is 11.4. The number of sulfonamides is 1. The van der Waals surface area contributed by atoms with Gasteiger partial charge in [-0.1, -0.05) is 0 Å². The topological polar surface area (TPSA) is 88.4 Å². The van der Waals surface area contributed by atoms with E-state index in [1.54, 1.807) is 46.5 Å². The van der Waals surface area contributed by atoms with Crippen molar-refractivity contribution in [3.05, 3.63) is 42.6 Å². The van der Waals surface area contributed by atoms with Gasteiger partial charge in [-0.25, -0.2) is 22.7 Å². The van der Waals surface area contributed by atoms with E-state index in [-0.39, 0.29) is 5.91 Å². The van der Waals surface area contributed by atoms with Gasteiger partial charge in [-0.2, -0.15) is 0 Å². The lowest BCUT2D eigenvalue weighted by molar-refractivity contribution is 0.0764. The van der Waals surface area contributed by atoms with Crippen molar-refractivity contribution in [3.8, 4) is 5.82 Å². The zero-order valence-electron chi connectivity index (χ0n) is 13.4. The third-order valence-electron chi connectivity index (χ3n) is 3.97. The molecule has 0 N–H and O–H groups in total. The number of pyridine rings is 1. The minimum atomic E-state index is -3.22. The van der Waals surface area contributed by atoms with Crippen LogP contribution in [-0.4, -0.2) is 70.5 Å². The van der Waals surface area contributed by atoms with Gasteiger partial charge in [0.1, 0.15) is 12.1 Å². The molecule has 24 heavy (non-hydrogen) atoms. The van der Waals surface area contributed by atoms with E-state index in [1.807, 2.05) is 0 Å². The van der Waals surface area contributed by atoms with Crippen molar-refractivity contribution in [2.75, 3.05) is 32.4 Å². The van der Waals surface area contributed by atoms with Gasteiger partial charge in [-0.3, -0.25) is 9.36 Å². The molecule has 3 heterocycles. The fourth-order valence-corrected chi connectivity index (χ4v) is 3.57. The molecule has 9 heteroatoms. The molecule has 0 spiro atoms. The summed E-state index contributed by atoms with van der Waals surface area (Å²) in [6.07, 6.45) is 8.43. The van der Waals surface area contributed by atoms with Gasteiger partial charge in [0.2, 0.25) is 10.0 Å². The number of carbonyl (C=O) groups is 1. The summed E-state index contributed by atoms with van der Waals surface area (Å²) in [6.45, 7) is 1.69. The van der Waals surface area contributed by atoms with E-state index in [4.69, 9.17) is 0 Å². The van der Waals surface area contributed by atoms with Gasteiger partial charge in [0, 0.05) is 50.3 Å². The molecule has 0 saturated carbocycles. The van der Waals surface area contributed by atoms with Crippen LogP contribution in [0.2, 0.25) is 0 Å². The summed E-state index contributed by atoms with van der Waals surface area (Å²) in [5.74, 6) is 0.500. The largest absolute Gasteiger partial charge is 0.337 e. The predicted octanol–water partition coefficient (Wildman–Crippen LogP) is 0.375. The Balaban J connectivity index is 1.76. The van der Waals surface area contributed by atoms with Gasteiger partial charge in [0.25, 0.3) is 5.91 Å². The van der Waals surface area contributed by atoms with Crippen molar-refractivity contribution in [2.24, 2.45) is 0 Å². The van der Waals surface area contributed by atoms with Gasteiger partial charge in [0.15, 0.2) is 0 Å². The van der Waals surface area contributed by atoms with Crippen LogP contribution in [0.4, 0.5) is 0 Å². The second-order valence-electron chi connectivity index (χ2n) is 5.68. The molecule has 0 radical (unpaired) electrons. The molecule has 3 rings (SSSR count). The van der Waals surface area contributed by atoms with Crippen LogP contribution in [0.25, 0.3) is 5.82 Å². The number of rotatable bonds is 3. The van der Waals surface area contributed by atoms with Crippen molar-refractivity contribution in [2.45, 2.75) is 6.42 Å². The van der Waals surface area contributed by atoms with E-state index in [1.165, 1.54) is 10.6 Å². The zero-order chi connectivity index (χ0) is 17.2. The number of nitrogens with zero attached hydrogens (tertiary/aromatic N) is 5. The Morgan fingerprint density at radius 1 is 1.17 bits per heavy atom. The average Bonchev–Trinajstić information content (AvgIpc) is 2.97. The van der Waals surface area contributed by atoms with E-state index in [0.717, 1.165) is 0 Å². The number of imidazole rings is 1. The van der Waals surface area contributed by atoms with Crippen molar-refractivity contribution in [3.63, 3.8) is 0 Å². The normalized spacial score (nSPS) is 16.8. The zero-order valence-corrected chi connectivity index (χ0v) is 14.2. The fraction of sp³-hybridized carbons (Fsp3) is 0.400. The van der Waals surface area contributed by atoms with Gasteiger partial charge < -0.3 is 4.90 Å². The van der Waals surface area contributed by atoms with E-state index in [0.29, 0.717) is 44.0 Å². The molecule has 2 aromatic rings. The molecule has 0 aliphatic carbocycles. The first-order valence-corrected chi connectivity index (χ1v) is 9.49. The number of carbonyl (C=O) groups excluding carboxylic acids is 1. The number of amides is 1. The molecule has 1 amide bonds. The quantitative estimate of drug-likeness (QED) is 0.799. The summed E-state index contributed by atoms with van der Waals surface area (Å²) in [5.41, 5.74) is 0.529. The minimum Gasteiger partial charge on any atom is -0.337 e. The molecule has 8 nitrogen and oxygen atoms in total. The standard InChI is InChI=1S/C15H19N5O3S/c1-24(22,23)20-7-2-6-18(9-10-20)15(21)13-3-4-17-14(11-13)19-8-5-16-12-19/h3-5,8,11-12H,2,6-7,9-10H2,1H3. The third-order valence-corrected chi connectivity index (χ3v) is 5.28. The van der Waals surface area contributed by atoms with Crippen LogP contribution in [0.15, 0.2) is 37.1 Å². The Morgan fingerprint density at radius 2 is 2.00 bits per heavy atom. The minimum absolute atomic E-state index is 0.117. The molecular weight excluding hydrogens is 330 g/mol. The lowest BCUT2D eigenvalue weighted by Crippen LogP contribution is -2.37. The van der Waals surface area contributed by atoms with E-state index < -0.39 is 10.0 Å². The predicted molar refractivity (Wildman–Crippen MR) is 88.3 cm³/mol. The number of aromatic nitrogens is 3. The molecule has 0 atom stereocenters. The third kappa shape index (κ3) is 3.62. The Labute approximate surface area is 140 Å². The summed E-state index contributed by atoms with van der Waals surface area (Å²) in [5, 5.41) is 0. The second-order valence-corrected chi connectivity index (χ2v) is 7.66. The van der Waals surface area contributed by atoms with E-state index >= 15 is 0 Å². The molecule has 1 saturated heterocycles. The average molecular weight is 349 g/mol. The second kappa shape index (κ2) is 6.70. The Kier molecular flexibility index (Phi) is 4.63. The van der Waals surface area contributed by atoms with Gasteiger partial charge >= 0.3 is 0 Å². The number of hydrogen-bond acceptors (Lipinski definition) is 5. The molecule has 128 valence electrons. The maximum Gasteiger partial charge on any atom is 0.254 e. The summed E-state index contributed by atoms with van der Waals surface area (Å²) >= 11 is 0. The van der Waals surface area contributed by atoms with Crippen LogP contribution in [0.3, 0.4) is 0 Å². The van der Waals surface area contributed by atoms with Crippen LogP contribution >= 0.6 is 0 Å². The summed E-state index contributed by atoms with van der Waals surface area (Å²) in [7, 11) is -3.22. The highest BCUT2D eigenvalue weighted by atomic mass is 32.2. The molecule has 1 aliphatic rings. The molecule has 1 aliphatic heterocycles. The van der Waals surface area contributed by atoms with Gasteiger partial charge in [0.05, 0.1) is 6.26 Å². The highest BCUT2D eigenvalue weighted by Crippen LogP contribution is 2.13. The van der Waals surface area contributed by atoms with Gasteiger partial charge in [-0.05, 0) is 18.6 Å². The highest BCUT2D eigenvalue weighted by Gasteiger charge is 2.24. The van der Waals surface area contributed by atoms with Crippen LogP contribution in [0.1, 0.15) is 16.8 Å². The molecular formula is C15H19N5O3S. The van der Waals surface area contributed by atoms with Crippen LogP contribution in [0, 0.1) is 0 Å². The molecule has 0 aromatic carbocycles. The van der Waals surface area contributed by atoms with E-state index in [9.17, 15) is 13.2 Å². The lowest BCUT2D eigenvalue weighted by atomic mass is 10.2. The summed E-state index contributed by atoms with van der Waals surface area (Å²) in [6, 6.07) is 3.38. The Morgan fingerprint density at radius 3 is 2.71 bits per heavy atom. The molecule has 0 unspecified atom stereocenters. The maximum absolute atomic E-state index is 12.7. The van der Waals surface area contributed by atoms with Crippen molar-refractivity contribution < 1.29 is 13.2 Å². The molecule has 1 fully saturated rings. The Bertz CT molecular complexity index is 819.